The van der Waals surface area contributed by atoms with Crippen LogP contribution < -0.4 is 4.90 Å². The predicted octanol–water partition coefficient (Wildman–Crippen LogP) is 4.72. The highest BCUT2D eigenvalue weighted by molar-refractivity contribution is 7.17. The van der Waals surface area contributed by atoms with Crippen molar-refractivity contribution in [1.82, 2.24) is 19.5 Å². The molecule has 0 aliphatic carbocycles. The Kier molecular flexibility index (Phi) is 5.81. The van der Waals surface area contributed by atoms with Crippen LogP contribution in [-0.2, 0) is 0 Å². The van der Waals surface area contributed by atoms with E-state index in [1.165, 1.54) is 46.4 Å². The maximum absolute atomic E-state index is 13.4. The van der Waals surface area contributed by atoms with Crippen molar-refractivity contribution in [2.24, 2.45) is 0 Å². The van der Waals surface area contributed by atoms with E-state index in [1.54, 1.807) is 36.4 Å². The molecule has 0 amide bonds. The van der Waals surface area contributed by atoms with Crippen LogP contribution in [0.2, 0.25) is 0 Å². The molecule has 0 unspecified atom stereocenters. The number of hydrogen-bond acceptors (Lipinski definition) is 9. The number of non-ortho nitro benzene ring substituents is 1. The Hall–Kier alpha value is -4.29. The van der Waals surface area contributed by atoms with Crippen LogP contribution in [0.1, 0.15) is 16.5 Å². The Bertz CT molecular complexity index is 1540. The lowest BCUT2D eigenvalue weighted by atomic mass is 10.0. The number of benzene rings is 2. The molecule has 12 heteroatoms. The quantitative estimate of drug-likeness (QED) is 0.253. The van der Waals surface area contributed by atoms with Gasteiger partial charge in [-0.15, -0.1) is 5.10 Å². The van der Waals surface area contributed by atoms with E-state index in [-0.39, 0.29) is 23.4 Å². The number of rotatable bonds is 6. The molecule has 6 rings (SSSR count). The fourth-order valence-electron chi connectivity index (χ4n) is 4.64. The summed E-state index contributed by atoms with van der Waals surface area (Å²) in [6.45, 7) is 2.70. The third-order valence-corrected chi connectivity index (χ3v) is 7.55. The molecule has 37 heavy (non-hydrogen) atoms. The summed E-state index contributed by atoms with van der Waals surface area (Å²) >= 11 is 1.31. The van der Waals surface area contributed by atoms with E-state index in [4.69, 9.17) is 4.42 Å². The lowest BCUT2D eigenvalue weighted by molar-refractivity contribution is -0.384. The molecular weight excluding hydrogens is 499 g/mol. The van der Waals surface area contributed by atoms with Gasteiger partial charge in [0, 0.05) is 44.0 Å². The van der Waals surface area contributed by atoms with Crippen molar-refractivity contribution >= 4 is 27.7 Å². The SMILES string of the molecule is O=[N+]([O-])c1ccc([C@H](c2sc3nc(-c4ccco4)nn3c2O)N2CCN(c3ccc(F)cc3)CC2)cc1. The second-order valence-corrected chi connectivity index (χ2v) is 9.66. The first-order valence-corrected chi connectivity index (χ1v) is 12.4. The third kappa shape index (κ3) is 4.30. The number of hydrogen-bond donors (Lipinski definition) is 1. The molecule has 188 valence electrons. The minimum Gasteiger partial charge on any atom is -0.492 e. The first kappa shape index (κ1) is 23.1. The van der Waals surface area contributed by atoms with Crippen molar-refractivity contribution < 1.29 is 18.8 Å². The Morgan fingerprint density at radius 1 is 1.05 bits per heavy atom. The smallest absolute Gasteiger partial charge is 0.269 e. The first-order valence-electron chi connectivity index (χ1n) is 11.6. The molecule has 4 heterocycles. The molecule has 5 aromatic rings. The maximum Gasteiger partial charge on any atom is 0.269 e. The highest BCUT2D eigenvalue weighted by Crippen LogP contribution is 2.41. The molecule has 1 aliphatic heterocycles. The molecule has 0 spiro atoms. The summed E-state index contributed by atoms with van der Waals surface area (Å²) in [5, 5.41) is 26.9. The zero-order chi connectivity index (χ0) is 25.5. The molecule has 10 nitrogen and oxygen atoms in total. The zero-order valence-corrected chi connectivity index (χ0v) is 20.2. The second kappa shape index (κ2) is 9.30. The van der Waals surface area contributed by atoms with Crippen molar-refractivity contribution in [3.05, 3.63) is 93.3 Å². The number of nitrogens with zero attached hydrogens (tertiary/aromatic N) is 6. The average molecular weight is 521 g/mol. The number of anilines is 1. The number of fused-ring (bicyclic) bond motifs is 1. The number of aromatic nitrogens is 3. The Labute approximate surface area is 214 Å². The molecule has 3 aromatic heterocycles. The van der Waals surface area contributed by atoms with E-state index >= 15 is 0 Å². The van der Waals surface area contributed by atoms with Crippen LogP contribution in [0.5, 0.6) is 5.88 Å². The average Bonchev–Trinajstić information content (AvgIpc) is 3.65. The summed E-state index contributed by atoms with van der Waals surface area (Å²) in [6, 6.07) is 15.9. The summed E-state index contributed by atoms with van der Waals surface area (Å²) in [7, 11) is 0. The molecule has 2 aromatic carbocycles. The van der Waals surface area contributed by atoms with Crippen LogP contribution in [0.15, 0.2) is 71.3 Å². The van der Waals surface area contributed by atoms with Gasteiger partial charge < -0.3 is 14.4 Å². The topological polar surface area (TPSA) is 113 Å². The monoisotopic (exact) mass is 520 g/mol. The van der Waals surface area contributed by atoms with E-state index in [2.05, 4.69) is 19.9 Å². The van der Waals surface area contributed by atoms with Crippen LogP contribution in [0, 0.1) is 15.9 Å². The van der Waals surface area contributed by atoms with Gasteiger partial charge in [-0.2, -0.15) is 9.50 Å². The van der Waals surface area contributed by atoms with Crippen LogP contribution in [0.25, 0.3) is 16.5 Å². The van der Waals surface area contributed by atoms with Crippen LogP contribution >= 0.6 is 11.3 Å². The molecular formula is C25H21FN6O4S. The van der Waals surface area contributed by atoms with Crippen molar-refractivity contribution in [3.8, 4) is 17.5 Å². The predicted molar refractivity (Wildman–Crippen MR) is 135 cm³/mol. The summed E-state index contributed by atoms with van der Waals surface area (Å²) in [5.41, 5.74) is 1.76. The van der Waals surface area contributed by atoms with Crippen molar-refractivity contribution in [2.75, 3.05) is 31.1 Å². The van der Waals surface area contributed by atoms with Gasteiger partial charge in [0.1, 0.15) is 5.82 Å². The van der Waals surface area contributed by atoms with E-state index in [9.17, 15) is 19.6 Å². The molecule has 0 saturated carbocycles. The molecule has 0 radical (unpaired) electrons. The van der Waals surface area contributed by atoms with E-state index in [0.29, 0.717) is 47.6 Å². The van der Waals surface area contributed by atoms with Gasteiger partial charge in [-0.25, -0.2) is 4.39 Å². The second-order valence-electron chi connectivity index (χ2n) is 8.65. The Morgan fingerprint density at radius 2 is 1.78 bits per heavy atom. The molecule has 1 N–H and O–H groups in total. The Balaban J connectivity index is 1.34. The van der Waals surface area contributed by atoms with E-state index in [1.807, 2.05) is 0 Å². The van der Waals surface area contributed by atoms with Gasteiger partial charge in [-0.3, -0.25) is 15.0 Å². The van der Waals surface area contributed by atoms with Gasteiger partial charge in [0.15, 0.2) is 5.76 Å². The third-order valence-electron chi connectivity index (χ3n) is 6.48. The van der Waals surface area contributed by atoms with Gasteiger partial charge >= 0.3 is 0 Å². The van der Waals surface area contributed by atoms with Gasteiger partial charge in [0.05, 0.1) is 22.1 Å². The highest BCUT2D eigenvalue weighted by Gasteiger charge is 2.32. The number of furan rings is 1. The van der Waals surface area contributed by atoms with Crippen molar-refractivity contribution in [3.63, 3.8) is 0 Å². The van der Waals surface area contributed by atoms with Crippen LogP contribution in [-0.4, -0.2) is 55.7 Å². The summed E-state index contributed by atoms with van der Waals surface area (Å²) in [6.07, 6.45) is 1.53. The molecule has 0 bridgehead atoms. The first-order chi connectivity index (χ1) is 18.0. The van der Waals surface area contributed by atoms with E-state index in [0.717, 1.165) is 11.3 Å². The number of nitro groups is 1. The number of piperazine rings is 1. The normalized spacial score (nSPS) is 15.3. The highest BCUT2D eigenvalue weighted by atomic mass is 32.1. The lowest BCUT2D eigenvalue weighted by Crippen LogP contribution is -2.47. The fraction of sp³-hybridized carbons (Fsp3) is 0.200. The number of aromatic hydroxyl groups is 1. The number of halogens is 1. The zero-order valence-electron chi connectivity index (χ0n) is 19.4. The van der Waals surface area contributed by atoms with Gasteiger partial charge in [0.2, 0.25) is 16.7 Å². The fourth-order valence-corrected chi connectivity index (χ4v) is 5.75. The van der Waals surface area contributed by atoms with Gasteiger partial charge in [-0.1, -0.05) is 23.5 Å². The summed E-state index contributed by atoms with van der Waals surface area (Å²) < 4.78 is 20.1. The summed E-state index contributed by atoms with van der Waals surface area (Å²) in [5.74, 6) is 0.566. The van der Waals surface area contributed by atoms with Gasteiger partial charge in [0.25, 0.3) is 5.69 Å². The maximum atomic E-state index is 13.4. The molecule has 1 fully saturated rings. The summed E-state index contributed by atoms with van der Waals surface area (Å²) in [4.78, 5) is 20.9. The lowest BCUT2D eigenvalue weighted by Gasteiger charge is -2.40. The van der Waals surface area contributed by atoms with Crippen LogP contribution in [0.3, 0.4) is 0 Å². The molecule has 1 aliphatic rings. The van der Waals surface area contributed by atoms with Crippen molar-refractivity contribution in [2.45, 2.75) is 6.04 Å². The minimum atomic E-state index is -0.434. The minimum absolute atomic E-state index is 0.00131. The largest absolute Gasteiger partial charge is 0.492 e. The van der Waals surface area contributed by atoms with Crippen LogP contribution in [0.4, 0.5) is 15.8 Å². The number of thiazole rings is 1. The standard InChI is InChI=1S/C25H21FN6O4S/c26-17-5-9-18(10-6-17)29-11-13-30(14-12-29)21(16-3-7-19(8-4-16)32(34)35)22-24(33)31-25(37-22)27-23(28-31)20-2-1-15-36-20/h1-10,15,21,33H,11-14H2/t21-/m1/s1. The van der Waals surface area contributed by atoms with Crippen molar-refractivity contribution in [1.29, 1.82) is 0 Å². The molecule has 1 saturated heterocycles. The molecule has 1 atom stereocenters. The van der Waals surface area contributed by atoms with Gasteiger partial charge in [-0.05, 0) is 42.0 Å². The van der Waals surface area contributed by atoms with E-state index < -0.39 is 4.92 Å². The Morgan fingerprint density at radius 3 is 2.41 bits per heavy atom. The number of nitro benzene ring substituents is 1.